The molecule has 2 aliphatic rings. The molecule has 2 atom stereocenters. The number of likely N-dealkylation sites (tertiary alicyclic amines) is 1. The second-order valence-electron chi connectivity index (χ2n) is 4.86. The van der Waals surface area contributed by atoms with Crippen LogP contribution >= 0.6 is 0 Å². The summed E-state index contributed by atoms with van der Waals surface area (Å²) >= 11 is 0. The minimum atomic E-state index is 0.0308. The second kappa shape index (κ2) is 3.98. The Morgan fingerprint density at radius 1 is 1.29 bits per heavy atom. The number of imide groups is 1. The van der Waals surface area contributed by atoms with E-state index in [1.165, 1.54) is 4.90 Å². The highest BCUT2D eigenvalue weighted by Crippen LogP contribution is 2.37. The number of fused-ring (bicyclic) bond motifs is 2. The van der Waals surface area contributed by atoms with Gasteiger partial charge in [0, 0.05) is 36.7 Å². The first-order valence-corrected chi connectivity index (χ1v) is 6.08. The van der Waals surface area contributed by atoms with Crippen LogP contribution in [0.1, 0.15) is 25.0 Å². The minimum Gasteiger partial charge on any atom is -0.348 e. The number of amides is 2. The summed E-state index contributed by atoms with van der Waals surface area (Å²) in [6.07, 6.45) is 6.55. The molecule has 0 aromatic carbocycles. The molecule has 1 N–H and O–H groups in total. The van der Waals surface area contributed by atoms with Gasteiger partial charge in [0.2, 0.25) is 11.8 Å². The van der Waals surface area contributed by atoms with Crippen LogP contribution in [0.15, 0.2) is 12.5 Å². The molecule has 0 radical (unpaired) electrons. The van der Waals surface area contributed by atoms with Crippen LogP contribution in [0.4, 0.5) is 0 Å². The van der Waals surface area contributed by atoms with Crippen LogP contribution in [0.25, 0.3) is 0 Å². The number of aromatic nitrogens is 2. The average molecular weight is 233 g/mol. The topological polar surface area (TPSA) is 66.1 Å². The monoisotopic (exact) mass is 233 g/mol. The van der Waals surface area contributed by atoms with Crippen molar-refractivity contribution in [2.45, 2.75) is 25.7 Å². The van der Waals surface area contributed by atoms with E-state index in [9.17, 15) is 9.59 Å². The summed E-state index contributed by atoms with van der Waals surface area (Å²) in [6.45, 7) is 0.479. The fourth-order valence-electron chi connectivity index (χ4n) is 2.85. The van der Waals surface area contributed by atoms with Gasteiger partial charge in [-0.25, -0.2) is 4.98 Å². The lowest BCUT2D eigenvalue weighted by molar-refractivity contribution is -0.152. The maximum atomic E-state index is 12.0. The molecule has 1 aliphatic carbocycles. The number of imidazole rings is 1. The summed E-state index contributed by atoms with van der Waals surface area (Å²) in [4.78, 5) is 32.4. The van der Waals surface area contributed by atoms with Crippen LogP contribution in [-0.4, -0.2) is 33.2 Å². The Bertz CT molecular complexity index is 419. The Kier molecular flexibility index (Phi) is 2.46. The van der Waals surface area contributed by atoms with E-state index in [4.69, 9.17) is 0 Å². The Balaban J connectivity index is 1.69. The summed E-state index contributed by atoms with van der Waals surface area (Å²) < 4.78 is 0. The molecule has 17 heavy (non-hydrogen) atoms. The normalized spacial score (nSPS) is 27.9. The average Bonchev–Trinajstić information content (AvgIpc) is 2.97. The number of H-pyrrole nitrogens is 1. The standard InChI is InChI=1S/C12H15N3O2/c16-11-8-1-2-9(5-8)12(17)15(11)4-3-10-6-13-7-14-10/h6-9H,1-5H2,(H,13,14). The Morgan fingerprint density at radius 3 is 2.59 bits per heavy atom. The molecule has 1 aromatic rings. The lowest BCUT2D eigenvalue weighted by atomic mass is 9.97. The largest absolute Gasteiger partial charge is 0.348 e. The van der Waals surface area contributed by atoms with Crippen molar-refractivity contribution in [3.05, 3.63) is 18.2 Å². The lowest BCUT2D eigenvalue weighted by Gasteiger charge is -2.29. The summed E-state index contributed by atoms with van der Waals surface area (Å²) in [6, 6.07) is 0. The lowest BCUT2D eigenvalue weighted by Crippen LogP contribution is -2.47. The van der Waals surface area contributed by atoms with E-state index in [2.05, 4.69) is 9.97 Å². The molecule has 1 aromatic heterocycles. The van der Waals surface area contributed by atoms with Gasteiger partial charge in [-0.1, -0.05) is 0 Å². The van der Waals surface area contributed by atoms with Crippen LogP contribution in [0.3, 0.4) is 0 Å². The van der Waals surface area contributed by atoms with Gasteiger partial charge in [-0.2, -0.15) is 0 Å². The molecule has 1 saturated carbocycles. The summed E-state index contributed by atoms with van der Waals surface area (Å²) in [7, 11) is 0. The number of hydrogen-bond donors (Lipinski definition) is 1. The third kappa shape index (κ3) is 1.75. The fourth-order valence-corrected chi connectivity index (χ4v) is 2.85. The predicted molar refractivity (Wildman–Crippen MR) is 59.8 cm³/mol. The van der Waals surface area contributed by atoms with Gasteiger partial charge < -0.3 is 4.98 Å². The van der Waals surface area contributed by atoms with Crippen molar-refractivity contribution in [1.29, 1.82) is 0 Å². The maximum absolute atomic E-state index is 12.0. The number of aromatic amines is 1. The third-order valence-electron chi connectivity index (χ3n) is 3.82. The fraction of sp³-hybridized carbons (Fsp3) is 0.583. The van der Waals surface area contributed by atoms with Gasteiger partial charge in [-0.05, 0) is 19.3 Å². The van der Waals surface area contributed by atoms with Crippen molar-refractivity contribution < 1.29 is 9.59 Å². The quantitative estimate of drug-likeness (QED) is 0.783. The molecule has 2 fully saturated rings. The van der Waals surface area contributed by atoms with Crippen molar-refractivity contribution in [3.63, 3.8) is 0 Å². The van der Waals surface area contributed by atoms with E-state index in [0.717, 1.165) is 25.0 Å². The number of piperidine rings is 1. The van der Waals surface area contributed by atoms with Gasteiger partial charge in [0.1, 0.15) is 0 Å². The molecule has 5 heteroatoms. The molecular formula is C12H15N3O2. The van der Waals surface area contributed by atoms with Crippen molar-refractivity contribution in [3.8, 4) is 0 Å². The summed E-state index contributed by atoms with van der Waals surface area (Å²) in [5.41, 5.74) is 0.962. The van der Waals surface area contributed by atoms with E-state index in [1.807, 2.05) is 0 Å². The Morgan fingerprint density at radius 2 is 2.00 bits per heavy atom. The number of carbonyl (C=O) groups excluding carboxylic acids is 2. The summed E-state index contributed by atoms with van der Waals surface area (Å²) in [5, 5.41) is 0. The molecule has 0 spiro atoms. The number of rotatable bonds is 3. The second-order valence-corrected chi connectivity index (χ2v) is 4.86. The van der Waals surface area contributed by atoms with Gasteiger partial charge in [-0.3, -0.25) is 14.5 Å². The van der Waals surface area contributed by atoms with E-state index in [1.54, 1.807) is 12.5 Å². The van der Waals surface area contributed by atoms with Gasteiger partial charge in [0.15, 0.2) is 0 Å². The third-order valence-corrected chi connectivity index (χ3v) is 3.82. The van der Waals surface area contributed by atoms with E-state index in [-0.39, 0.29) is 23.7 Å². The van der Waals surface area contributed by atoms with Gasteiger partial charge in [-0.15, -0.1) is 0 Å². The first-order valence-electron chi connectivity index (χ1n) is 6.08. The molecule has 2 unspecified atom stereocenters. The molecule has 5 nitrogen and oxygen atoms in total. The van der Waals surface area contributed by atoms with Crippen molar-refractivity contribution in [2.75, 3.05) is 6.54 Å². The molecule has 1 saturated heterocycles. The van der Waals surface area contributed by atoms with Crippen LogP contribution in [0, 0.1) is 11.8 Å². The van der Waals surface area contributed by atoms with Crippen molar-refractivity contribution in [1.82, 2.24) is 14.9 Å². The van der Waals surface area contributed by atoms with Crippen molar-refractivity contribution in [2.24, 2.45) is 11.8 Å². The van der Waals surface area contributed by atoms with Crippen LogP contribution in [-0.2, 0) is 16.0 Å². The van der Waals surface area contributed by atoms with Gasteiger partial charge in [0.25, 0.3) is 0 Å². The zero-order valence-corrected chi connectivity index (χ0v) is 9.56. The van der Waals surface area contributed by atoms with Crippen LogP contribution in [0.5, 0.6) is 0 Å². The first kappa shape index (κ1) is 10.5. The highest BCUT2D eigenvalue weighted by Gasteiger charge is 2.44. The van der Waals surface area contributed by atoms with E-state index in [0.29, 0.717) is 13.0 Å². The minimum absolute atomic E-state index is 0.0308. The van der Waals surface area contributed by atoms with Crippen LogP contribution in [0.2, 0.25) is 0 Å². The zero-order chi connectivity index (χ0) is 11.8. The summed E-state index contributed by atoms with van der Waals surface area (Å²) in [5.74, 6) is 0.255. The molecule has 2 bridgehead atoms. The SMILES string of the molecule is O=C1C2CCC(C2)C(=O)N1CCc1cnc[nH]1. The van der Waals surface area contributed by atoms with E-state index < -0.39 is 0 Å². The maximum Gasteiger partial charge on any atom is 0.232 e. The first-order chi connectivity index (χ1) is 8.25. The Hall–Kier alpha value is -1.65. The zero-order valence-electron chi connectivity index (χ0n) is 9.56. The number of hydrogen-bond acceptors (Lipinski definition) is 3. The van der Waals surface area contributed by atoms with E-state index >= 15 is 0 Å². The number of carbonyl (C=O) groups is 2. The molecular weight excluding hydrogens is 218 g/mol. The molecule has 3 rings (SSSR count). The predicted octanol–water partition coefficient (Wildman–Crippen LogP) is 0.737. The molecule has 90 valence electrons. The molecule has 2 heterocycles. The highest BCUT2D eigenvalue weighted by atomic mass is 16.2. The number of nitrogens with zero attached hydrogens (tertiary/aromatic N) is 2. The van der Waals surface area contributed by atoms with Crippen LogP contribution < -0.4 is 0 Å². The molecule has 1 aliphatic heterocycles. The van der Waals surface area contributed by atoms with Gasteiger partial charge >= 0.3 is 0 Å². The molecule has 2 amide bonds. The highest BCUT2D eigenvalue weighted by molar-refractivity contribution is 6.00. The Labute approximate surface area is 99.2 Å². The number of nitrogens with one attached hydrogen (secondary N) is 1. The van der Waals surface area contributed by atoms with Gasteiger partial charge in [0.05, 0.1) is 6.33 Å². The van der Waals surface area contributed by atoms with Crippen molar-refractivity contribution >= 4 is 11.8 Å². The smallest absolute Gasteiger partial charge is 0.232 e.